The van der Waals surface area contributed by atoms with E-state index >= 15 is 0 Å². The summed E-state index contributed by atoms with van der Waals surface area (Å²) in [6.45, 7) is 1.65. The first-order valence-electron chi connectivity index (χ1n) is 5.76. The standard InChI is InChI=1S/C13H21ClN2O/c1-16(2)7-6-11(9-15)10-4-5-13(17-3)12(14)8-10/h4-5,8,11H,6-7,9,15H2,1-3H3. The van der Waals surface area contributed by atoms with Crippen LogP contribution in [0, 0.1) is 0 Å². The molecule has 0 fully saturated rings. The lowest BCUT2D eigenvalue weighted by molar-refractivity contribution is 0.381. The van der Waals surface area contributed by atoms with Crippen LogP contribution < -0.4 is 10.5 Å². The molecule has 0 aromatic heterocycles. The van der Waals surface area contributed by atoms with E-state index in [0.29, 0.717) is 23.2 Å². The van der Waals surface area contributed by atoms with Crippen LogP contribution in [0.2, 0.25) is 5.02 Å². The lowest BCUT2D eigenvalue weighted by atomic mass is 9.95. The predicted molar refractivity (Wildman–Crippen MR) is 73.0 cm³/mol. The summed E-state index contributed by atoms with van der Waals surface area (Å²) in [5.74, 6) is 1.06. The van der Waals surface area contributed by atoms with Crippen LogP contribution in [0.4, 0.5) is 0 Å². The molecule has 1 unspecified atom stereocenters. The van der Waals surface area contributed by atoms with Crippen molar-refractivity contribution in [3.05, 3.63) is 28.8 Å². The highest BCUT2D eigenvalue weighted by molar-refractivity contribution is 6.32. The number of nitrogens with two attached hydrogens (primary N) is 1. The fourth-order valence-corrected chi connectivity index (χ4v) is 2.04. The van der Waals surface area contributed by atoms with Gasteiger partial charge in [-0.3, -0.25) is 0 Å². The Labute approximate surface area is 109 Å². The summed E-state index contributed by atoms with van der Waals surface area (Å²) in [5.41, 5.74) is 7.00. The Morgan fingerprint density at radius 1 is 1.41 bits per heavy atom. The van der Waals surface area contributed by atoms with Crippen molar-refractivity contribution in [3.8, 4) is 5.75 Å². The van der Waals surface area contributed by atoms with Crippen molar-refractivity contribution in [2.45, 2.75) is 12.3 Å². The zero-order valence-electron chi connectivity index (χ0n) is 10.7. The second kappa shape index (κ2) is 6.84. The van der Waals surface area contributed by atoms with Gasteiger partial charge in [-0.1, -0.05) is 17.7 Å². The van der Waals surface area contributed by atoms with Crippen molar-refractivity contribution in [1.82, 2.24) is 4.90 Å². The Balaban J connectivity index is 2.78. The van der Waals surface area contributed by atoms with Crippen molar-refractivity contribution in [1.29, 1.82) is 0 Å². The maximum absolute atomic E-state index is 6.12. The fourth-order valence-electron chi connectivity index (χ4n) is 1.77. The third kappa shape index (κ3) is 4.19. The Morgan fingerprint density at radius 2 is 2.12 bits per heavy atom. The minimum atomic E-state index is 0.348. The van der Waals surface area contributed by atoms with E-state index in [2.05, 4.69) is 19.0 Å². The van der Waals surface area contributed by atoms with Gasteiger partial charge in [0.15, 0.2) is 0 Å². The van der Waals surface area contributed by atoms with E-state index in [9.17, 15) is 0 Å². The Kier molecular flexibility index (Phi) is 5.75. The summed E-state index contributed by atoms with van der Waals surface area (Å²) in [5, 5.41) is 0.647. The number of hydrogen-bond acceptors (Lipinski definition) is 3. The zero-order valence-corrected chi connectivity index (χ0v) is 11.5. The molecule has 0 heterocycles. The highest BCUT2D eigenvalue weighted by atomic mass is 35.5. The Morgan fingerprint density at radius 3 is 2.59 bits per heavy atom. The third-order valence-electron chi connectivity index (χ3n) is 2.86. The lowest BCUT2D eigenvalue weighted by Crippen LogP contribution is -2.20. The molecular formula is C13H21ClN2O. The van der Waals surface area contributed by atoms with E-state index in [1.807, 2.05) is 18.2 Å². The molecule has 0 bridgehead atoms. The van der Waals surface area contributed by atoms with E-state index in [1.54, 1.807) is 7.11 Å². The summed E-state index contributed by atoms with van der Waals surface area (Å²) in [4.78, 5) is 2.16. The van der Waals surface area contributed by atoms with Crippen LogP contribution in [0.5, 0.6) is 5.75 Å². The van der Waals surface area contributed by atoms with Gasteiger partial charge in [-0.25, -0.2) is 0 Å². The molecule has 0 spiro atoms. The molecular weight excluding hydrogens is 236 g/mol. The second-order valence-electron chi connectivity index (χ2n) is 4.42. The molecule has 0 aliphatic heterocycles. The summed E-state index contributed by atoms with van der Waals surface area (Å²) >= 11 is 6.12. The van der Waals surface area contributed by atoms with Gasteiger partial charge in [0.1, 0.15) is 5.75 Å². The average molecular weight is 257 g/mol. The van der Waals surface area contributed by atoms with Gasteiger partial charge in [0.05, 0.1) is 12.1 Å². The third-order valence-corrected chi connectivity index (χ3v) is 3.15. The van der Waals surface area contributed by atoms with Gasteiger partial charge in [-0.05, 0) is 57.2 Å². The van der Waals surface area contributed by atoms with Crippen LogP contribution >= 0.6 is 11.6 Å². The van der Waals surface area contributed by atoms with Crippen molar-refractivity contribution in [2.75, 3.05) is 34.3 Å². The number of hydrogen-bond donors (Lipinski definition) is 1. The molecule has 4 heteroatoms. The average Bonchev–Trinajstić information content (AvgIpc) is 2.29. The first-order chi connectivity index (χ1) is 8.08. The maximum Gasteiger partial charge on any atom is 0.137 e. The normalized spacial score (nSPS) is 12.8. The summed E-state index contributed by atoms with van der Waals surface area (Å²) < 4.78 is 5.14. The molecule has 0 saturated heterocycles. The number of nitrogens with zero attached hydrogens (tertiary/aromatic N) is 1. The highest BCUT2D eigenvalue weighted by Gasteiger charge is 2.12. The summed E-state index contributed by atoms with van der Waals surface area (Å²) in [6.07, 6.45) is 1.03. The molecule has 0 saturated carbocycles. The van der Waals surface area contributed by atoms with Gasteiger partial charge in [-0.15, -0.1) is 0 Å². The number of rotatable bonds is 6. The SMILES string of the molecule is COc1ccc(C(CN)CCN(C)C)cc1Cl. The summed E-state index contributed by atoms with van der Waals surface area (Å²) in [7, 11) is 5.75. The minimum absolute atomic E-state index is 0.348. The van der Waals surface area contributed by atoms with Gasteiger partial charge < -0.3 is 15.4 Å². The van der Waals surface area contributed by atoms with Crippen LogP contribution in [-0.4, -0.2) is 39.2 Å². The molecule has 1 rings (SSSR count). The van der Waals surface area contributed by atoms with E-state index in [-0.39, 0.29) is 0 Å². The van der Waals surface area contributed by atoms with E-state index in [0.717, 1.165) is 13.0 Å². The van der Waals surface area contributed by atoms with Crippen LogP contribution in [0.1, 0.15) is 17.9 Å². The topological polar surface area (TPSA) is 38.5 Å². The summed E-state index contributed by atoms with van der Waals surface area (Å²) in [6, 6.07) is 5.89. The van der Waals surface area contributed by atoms with Crippen molar-refractivity contribution in [3.63, 3.8) is 0 Å². The quantitative estimate of drug-likeness (QED) is 0.849. The molecule has 17 heavy (non-hydrogen) atoms. The number of methoxy groups -OCH3 is 1. The van der Waals surface area contributed by atoms with Crippen LogP contribution in [-0.2, 0) is 0 Å². The molecule has 0 radical (unpaired) electrons. The molecule has 0 aliphatic carbocycles. The van der Waals surface area contributed by atoms with E-state index in [1.165, 1.54) is 5.56 Å². The molecule has 1 atom stereocenters. The van der Waals surface area contributed by atoms with Gasteiger partial charge in [0.2, 0.25) is 0 Å². The second-order valence-corrected chi connectivity index (χ2v) is 4.83. The molecule has 0 aliphatic rings. The number of halogens is 1. The minimum Gasteiger partial charge on any atom is -0.495 e. The molecule has 0 amide bonds. The monoisotopic (exact) mass is 256 g/mol. The molecule has 1 aromatic rings. The largest absolute Gasteiger partial charge is 0.495 e. The van der Waals surface area contributed by atoms with Crippen LogP contribution in [0.3, 0.4) is 0 Å². The van der Waals surface area contributed by atoms with Crippen molar-refractivity contribution >= 4 is 11.6 Å². The van der Waals surface area contributed by atoms with Gasteiger partial charge in [0, 0.05) is 0 Å². The van der Waals surface area contributed by atoms with Gasteiger partial charge >= 0.3 is 0 Å². The Hall–Kier alpha value is -0.770. The van der Waals surface area contributed by atoms with Crippen LogP contribution in [0.25, 0.3) is 0 Å². The fraction of sp³-hybridized carbons (Fsp3) is 0.538. The molecule has 96 valence electrons. The number of ether oxygens (including phenoxy) is 1. The first-order valence-corrected chi connectivity index (χ1v) is 6.14. The maximum atomic E-state index is 6.12. The predicted octanol–water partition coefficient (Wildman–Crippen LogP) is 2.34. The van der Waals surface area contributed by atoms with Crippen molar-refractivity contribution < 1.29 is 4.74 Å². The number of benzene rings is 1. The zero-order chi connectivity index (χ0) is 12.8. The van der Waals surface area contributed by atoms with E-state index < -0.39 is 0 Å². The molecule has 2 N–H and O–H groups in total. The first kappa shape index (κ1) is 14.3. The highest BCUT2D eigenvalue weighted by Crippen LogP contribution is 2.29. The lowest BCUT2D eigenvalue weighted by Gasteiger charge is -2.18. The molecule has 1 aromatic carbocycles. The van der Waals surface area contributed by atoms with Gasteiger partial charge in [-0.2, -0.15) is 0 Å². The molecule has 3 nitrogen and oxygen atoms in total. The van der Waals surface area contributed by atoms with Gasteiger partial charge in [0.25, 0.3) is 0 Å². The van der Waals surface area contributed by atoms with E-state index in [4.69, 9.17) is 22.1 Å². The Bertz CT molecular complexity index is 355. The van der Waals surface area contributed by atoms with Crippen molar-refractivity contribution in [2.24, 2.45) is 5.73 Å². The van der Waals surface area contributed by atoms with Crippen LogP contribution in [0.15, 0.2) is 18.2 Å². The smallest absolute Gasteiger partial charge is 0.137 e.